The van der Waals surface area contributed by atoms with Crippen molar-refractivity contribution in [3.8, 4) is 5.75 Å². The highest BCUT2D eigenvalue weighted by Gasteiger charge is 2.18. The van der Waals surface area contributed by atoms with Gasteiger partial charge in [-0.15, -0.1) is 0 Å². The van der Waals surface area contributed by atoms with Crippen molar-refractivity contribution in [1.82, 2.24) is 4.31 Å². The van der Waals surface area contributed by atoms with E-state index in [4.69, 9.17) is 9.47 Å². The van der Waals surface area contributed by atoms with Crippen LogP contribution in [0.15, 0.2) is 53.5 Å². The van der Waals surface area contributed by atoms with Crippen LogP contribution in [0.25, 0.3) is 0 Å². The second-order valence-electron chi connectivity index (χ2n) is 5.25. The molecule has 1 aliphatic heterocycles. The minimum absolute atomic E-state index is 0.648. The highest BCUT2D eigenvalue weighted by atomic mass is 32.2. The first kappa shape index (κ1) is 15.9. The molecule has 1 aliphatic rings. The molecule has 2 aromatic rings. The van der Waals surface area contributed by atoms with Gasteiger partial charge in [0.05, 0.1) is 19.9 Å². The Morgan fingerprint density at radius 3 is 2.48 bits per heavy atom. The lowest BCUT2D eigenvalue weighted by atomic mass is 10.0. The zero-order valence-electron chi connectivity index (χ0n) is 13.4. The highest BCUT2D eigenvalue weighted by Crippen LogP contribution is 2.26. The van der Waals surface area contributed by atoms with Crippen LogP contribution >= 0.6 is 11.9 Å². The number of hydrogen-bond acceptors (Lipinski definition) is 5. The largest absolute Gasteiger partial charge is 0.497 e. The van der Waals surface area contributed by atoms with Crippen LogP contribution in [0.4, 0.5) is 5.69 Å². The standard InChI is InChI=1S/C18H20N2O2S/c1-21-17-9-7-16(8-10-17)19-18(22-2)23-20-12-11-14-5-3-4-6-15(14)13-20/h3-10H,11-13H2,1-2H3. The first-order valence-electron chi connectivity index (χ1n) is 7.55. The van der Waals surface area contributed by atoms with Gasteiger partial charge in [0.25, 0.3) is 5.23 Å². The van der Waals surface area contributed by atoms with E-state index in [1.807, 2.05) is 24.3 Å². The summed E-state index contributed by atoms with van der Waals surface area (Å²) in [6.07, 6.45) is 1.06. The van der Waals surface area contributed by atoms with Gasteiger partial charge in [0.15, 0.2) is 0 Å². The van der Waals surface area contributed by atoms with Crippen LogP contribution in [0.2, 0.25) is 0 Å². The van der Waals surface area contributed by atoms with Crippen LogP contribution in [0, 0.1) is 0 Å². The summed E-state index contributed by atoms with van der Waals surface area (Å²) in [5, 5.41) is 0.648. The average Bonchev–Trinajstić information content (AvgIpc) is 2.61. The van der Waals surface area contributed by atoms with Crippen molar-refractivity contribution in [2.45, 2.75) is 13.0 Å². The summed E-state index contributed by atoms with van der Waals surface area (Å²) >= 11 is 1.56. The van der Waals surface area contributed by atoms with E-state index in [1.165, 1.54) is 11.1 Å². The van der Waals surface area contributed by atoms with E-state index in [0.717, 1.165) is 30.9 Å². The molecule has 0 N–H and O–H groups in total. The van der Waals surface area contributed by atoms with Crippen molar-refractivity contribution in [2.75, 3.05) is 20.8 Å². The first-order valence-corrected chi connectivity index (χ1v) is 8.32. The molecule has 0 aromatic heterocycles. The van der Waals surface area contributed by atoms with E-state index >= 15 is 0 Å². The molecule has 1 heterocycles. The predicted molar refractivity (Wildman–Crippen MR) is 95.2 cm³/mol. The molecular formula is C18H20N2O2S. The summed E-state index contributed by atoms with van der Waals surface area (Å²) in [6.45, 7) is 1.90. The summed E-state index contributed by atoms with van der Waals surface area (Å²) in [5.41, 5.74) is 3.68. The number of fused-ring (bicyclic) bond motifs is 1. The van der Waals surface area contributed by atoms with Gasteiger partial charge in [0.2, 0.25) is 0 Å². The lowest BCUT2D eigenvalue weighted by molar-refractivity contribution is 0.406. The maximum atomic E-state index is 5.44. The molecule has 0 aliphatic carbocycles. The fourth-order valence-corrected chi connectivity index (χ4v) is 3.35. The maximum Gasteiger partial charge on any atom is 0.266 e. The van der Waals surface area contributed by atoms with Crippen LogP contribution in [0.5, 0.6) is 5.75 Å². The predicted octanol–water partition coefficient (Wildman–Crippen LogP) is 4.04. The van der Waals surface area contributed by atoms with Crippen LogP contribution in [0.3, 0.4) is 0 Å². The number of methoxy groups -OCH3 is 2. The van der Waals surface area contributed by atoms with Gasteiger partial charge in [-0.2, -0.15) is 0 Å². The number of aliphatic imine (C=N–C) groups is 1. The topological polar surface area (TPSA) is 34.1 Å². The third-order valence-electron chi connectivity index (χ3n) is 3.77. The van der Waals surface area contributed by atoms with Gasteiger partial charge in [-0.1, -0.05) is 24.3 Å². The van der Waals surface area contributed by atoms with E-state index in [2.05, 4.69) is 33.6 Å². The summed E-state index contributed by atoms with van der Waals surface area (Å²) in [4.78, 5) is 4.56. The molecule has 0 saturated heterocycles. The molecule has 0 fully saturated rings. The lowest BCUT2D eigenvalue weighted by Crippen LogP contribution is -2.26. The van der Waals surface area contributed by atoms with Gasteiger partial charge in [0.1, 0.15) is 5.75 Å². The molecule has 0 unspecified atom stereocenters. The highest BCUT2D eigenvalue weighted by molar-refractivity contribution is 8.11. The molecule has 120 valence electrons. The van der Waals surface area contributed by atoms with E-state index in [1.54, 1.807) is 26.2 Å². The summed E-state index contributed by atoms with van der Waals surface area (Å²) < 4.78 is 12.9. The third-order valence-corrected chi connectivity index (χ3v) is 4.75. The van der Waals surface area contributed by atoms with E-state index in [-0.39, 0.29) is 0 Å². The second-order valence-corrected chi connectivity index (χ2v) is 6.30. The summed E-state index contributed by atoms with van der Waals surface area (Å²) in [7, 11) is 3.32. The Labute approximate surface area is 141 Å². The van der Waals surface area contributed by atoms with Gasteiger partial charge in [-0.3, -0.25) is 0 Å². The Balaban J connectivity index is 1.68. The molecule has 0 radical (unpaired) electrons. The van der Waals surface area contributed by atoms with Gasteiger partial charge in [-0.25, -0.2) is 9.30 Å². The number of ether oxygens (including phenoxy) is 2. The Kier molecular flexibility index (Phi) is 5.20. The minimum atomic E-state index is 0.648. The fourth-order valence-electron chi connectivity index (χ4n) is 2.52. The van der Waals surface area contributed by atoms with Crippen molar-refractivity contribution in [3.05, 3.63) is 59.7 Å². The lowest BCUT2D eigenvalue weighted by Gasteiger charge is -2.27. The van der Waals surface area contributed by atoms with Gasteiger partial charge < -0.3 is 9.47 Å². The van der Waals surface area contributed by atoms with Crippen molar-refractivity contribution < 1.29 is 9.47 Å². The van der Waals surface area contributed by atoms with Crippen molar-refractivity contribution >= 4 is 22.9 Å². The van der Waals surface area contributed by atoms with Gasteiger partial charge >= 0.3 is 0 Å². The number of benzene rings is 2. The molecule has 0 saturated carbocycles. The maximum absolute atomic E-state index is 5.44. The molecule has 0 amide bonds. The molecule has 4 nitrogen and oxygen atoms in total. The van der Waals surface area contributed by atoms with E-state index in [9.17, 15) is 0 Å². The monoisotopic (exact) mass is 328 g/mol. The summed E-state index contributed by atoms with van der Waals surface area (Å²) in [6, 6.07) is 16.2. The van der Waals surface area contributed by atoms with Gasteiger partial charge in [-0.05, 0) is 41.8 Å². The summed E-state index contributed by atoms with van der Waals surface area (Å²) in [5.74, 6) is 0.822. The zero-order valence-corrected chi connectivity index (χ0v) is 14.2. The minimum Gasteiger partial charge on any atom is -0.497 e. The number of hydrogen-bond donors (Lipinski definition) is 0. The average molecular weight is 328 g/mol. The van der Waals surface area contributed by atoms with Crippen molar-refractivity contribution in [1.29, 1.82) is 0 Å². The third kappa shape index (κ3) is 4.06. The van der Waals surface area contributed by atoms with Crippen LogP contribution < -0.4 is 4.74 Å². The van der Waals surface area contributed by atoms with Crippen LogP contribution in [-0.2, 0) is 17.7 Å². The molecule has 0 bridgehead atoms. The molecule has 3 rings (SSSR count). The second kappa shape index (κ2) is 7.53. The molecule has 5 heteroatoms. The van der Waals surface area contributed by atoms with E-state index in [0.29, 0.717) is 5.23 Å². The first-order chi connectivity index (χ1) is 11.3. The fraction of sp³-hybridized carbons (Fsp3) is 0.278. The Morgan fingerprint density at radius 1 is 1.04 bits per heavy atom. The van der Waals surface area contributed by atoms with Crippen molar-refractivity contribution in [3.63, 3.8) is 0 Å². The van der Waals surface area contributed by atoms with Crippen LogP contribution in [0.1, 0.15) is 11.1 Å². The SMILES string of the molecule is COC(=Nc1ccc(OC)cc1)SN1CCc2ccccc2C1. The number of nitrogens with zero attached hydrogens (tertiary/aromatic N) is 2. The Bertz CT molecular complexity index is 686. The Hall–Kier alpha value is -1.98. The smallest absolute Gasteiger partial charge is 0.266 e. The molecule has 23 heavy (non-hydrogen) atoms. The number of rotatable bonds is 3. The Morgan fingerprint density at radius 2 is 1.78 bits per heavy atom. The molecule has 0 spiro atoms. The van der Waals surface area contributed by atoms with Crippen LogP contribution in [-0.4, -0.2) is 30.3 Å². The molecular weight excluding hydrogens is 308 g/mol. The van der Waals surface area contributed by atoms with Gasteiger partial charge in [0, 0.05) is 25.0 Å². The molecule has 0 atom stereocenters. The normalized spacial score (nSPS) is 15.1. The van der Waals surface area contributed by atoms with Crippen molar-refractivity contribution in [2.24, 2.45) is 4.99 Å². The zero-order chi connectivity index (χ0) is 16.1. The quantitative estimate of drug-likeness (QED) is 0.484. The van der Waals surface area contributed by atoms with E-state index < -0.39 is 0 Å². The molecule has 2 aromatic carbocycles.